The molecule has 0 rings (SSSR count). The van der Waals surface area contributed by atoms with Crippen molar-refractivity contribution in [3.63, 3.8) is 0 Å². The summed E-state index contributed by atoms with van der Waals surface area (Å²) in [4.78, 5) is 0. The average molecular weight is 274 g/mol. The first-order valence-electron chi connectivity index (χ1n) is 8.40. The monoisotopic (exact) mass is 274 g/mol. The second kappa shape index (κ2) is 20.2. The van der Waals surface area contributed by atoms with E-state index in [-0.39, 0.29) is 0 Å². The third kappa shape index (κ3) is 27.2. The number of unbranched alkanes of at least 4 members (excludes halogenated alkanes) is 8. The maximum atomic E-state index is 8.47. The Bertz CT molecular complexity index is 129. The van der Waals surface area contributed by atoms with E-state index in [4.69, 9.17) is 10.2 Å². The van der Waals surface area contributed by atoms with Crippen LogP contribution in [0, 0.1) is 5.92 Å². The van der Waals surface area contributed by atoms with Gasteiger partial charge in [0.2, 0.25) is 0 Å². The maximum absolute atomic E-state index is 8.47. The number of hydrogen-bond donors (Lipinski definition) is 2. The molecule has 0 amide bonds. The van der Waals surface area contributed by atoms with Crippen molar-refractivity contribution >= 4 is 0 Å². The van der Waals surface area contributed by atoms with Crippen molar-refractivity contribution in [3.05, 3.63) is 0 Å². The van der Waals surface area contributed by atoms with Crippen LogP contribution in [0.2, 0.25) is 0 Å². The standard InChI is InChI=1S/C9H20O.C8H18O/c1-9(2)7-5-3-4-6-8-10;1-2-3-4-5-6-7-8-9/h9-10H,3-8H2,1-2H3;9H,2-8H2,1H3. The molecule has 0 bridgehead atoms. The van der Waals surface area contributed by atoms with Gasteiger partial charge in [0.05, 0.1) is 0 Å². The summed E-state index contributed by atoms with van der Waals surface area (Å²) < 4.78 is 0. The smallest absolute Gasteiger partial charge is 0.0431 e. The van der Waals surface area contributed by atoms with Crippen molar-refractivity contribution in [2.24, 2.45) is 5.92 Å². The zero-order valence-corrected chi connectivity index (χ0v) is 13.7. The number of rotatable bonds is 12. The van der Waals surface area contributed by atoms with Crippen molar-refractivity contribution in [3.8, 4) is 0 Å². The van der Waals surface area contributed by atoms with E-state index >= 15 is 0 Å². The van der Waals surface area contributed by atoms with E-state index < -0.39 is 0 Å². The van der Waals surface area contributed by atoms with E-state index in [9.17, 15) is 0 Å². The summed E-state index contributed by atoms with van der Waals surface area (Å²) in [7, 11) is 0. The quantitative estimate of drug-likeness (QED) is 0.496. The minimum atomic E-state index is 0.363. The van der Waals surface area contributed by atoms with Crippen LogP contribution in [0.5, 0.6) is 0 Å². The van der Waals surface area contributed by atoms with Crippen LogP contribution in [0.4, 0.5) is 0 Å². The Morgan fingerprint density at radius 3 is 1.47 bits per heavy atom. The molecule has 0 aliphatic rings. The molecule has 2 nitrogen and oxygen atoms in total. The minimum absolute atomic E-state index is 0.363. The van der Waals surface area contributed by atoms with Crippen molar-refractivity contribution in [1.29, 1.82) is 0 Å². The van der Waals surface area contributed by atoms with Crippen LogP contribution >= 0.6 is 0 Å². The topological polar surface area (TPSA) is 40.5 Å². The van der Waals surface area contributed by atoms with E-state index in [2.05, 4.69) is 20.8 Å². The van der Waals surface area contributed by atoms with Gasteiger partial charge in [0, 0.05) is 13.2 Å². The molecule has 0 atom stereocenters. The maximum Gasteiger partial charge on any atom is 0.0431 e. The van der Waals surface area contributed by atoms with Crippen molar-refractivity contribution in [2.75, 3.05) is 13.2 Å². The Hall–Kier alpha value is -0.0800. The van der Waals surface area contributed by atoms with E-state index in [1.807, 2.05) is 0 Å². The van der Waals surface area contributed by atoms with Crippen LogP contribution < -0.4 is 0 Å². The van der Waals surface area contributed by atoms with Gasteiger partial charge in [-0.1, -0.05) is 78.6 Å². The predicted molar refractivity (Wildman–Crippen MR) is 85.5 cm³/mol. The molecular formula is C17H38O2. The first kappa shape index (κ1) is 21.2. The molecule has 0 saturated heterocycles. The highest BCUT2D eigenvalue weighted by Gasteiger charge is 1.93. The lowest BCUT2D eigenvalue weighted by Crippen LogP contribution is -1.88. The number of hydrogen-bond acceptors (Lipinski definition) is 2. The summed E-state index contributed by atoms with van der Waals surface area (Å²) >= 11 is 0. The Labute approximate surface area is 121 Å². The molecule has 0 aromatic rings. The summed E-state index contributed by atoms with van der Waals surface area (Å²) in [6, 6.07) is 0. The Kier molecular flexibility index (Phi) is 22.6. The van der Waals surface area contributed by atoms with E-state index in [1.54, 1.807) is 0 Å². The molecule has 0 saturated carbocycles. The lowest BCUT2D eigenvalue weighted by atomic mass is 10.0. The molecule has 2 N–H and O–H groups in total. The highest BCUT2D eigenvalue weighted by Crippen LogP contribution is 2.08. The summed E-state index contributed by atoms with van der Waals surface area (Å²) in [5, 5.41) is 16.9. The molecule has 0 aliphatic heterocycles. The van der Waals surface area contributed by atoms with E-state index in [0.29, 0.717) is 13.2 Å². The SMILES string of the molecule is CC(C)CCCCCCO.CCCCCCCCO. The zero-order valence-electron chi connectivity index (χ0n) is 13.7. The molecule has 118 valence electrons. The van der Waals surface area contributed by atoms with E-state index in [1.165, 1.54) is 57.8 Å². The lowest BCUT2D eigenvalue weighted by molar-refractivity contribution is 0.281. The van der Waals surface area contributed by atoms with Crippen LogP contribution in [0.15, 0.2) is 0 Å². The largest absolute Gasteiger partial charge is 0.396 e. The molecule has 0 aromatic heterocycles. The number of aliphatic hydroxyl groups is 2. The summed E-state index contributed by atoms with van der Waals surface area (Å²) in [5.41, 5.74) is 0. The molecule has 0 heterocycles. The fourth-order valence-electron chi connectivity index (χ4n) is 1.91. The first-order valence-corrected chi connectivity index (χ1v) is 8.40. The van der Waals surface area contributed by atoms with Crippen LogP contribution in [0.25, 0.3) is 0 Å². The van der Waals surface area contributed by atoms with Crippen LogP contribution in [-0.2, 0) is 0 Å². The van der Waals surface area contributed by atoms with Crippen LogP contribution in [-0.4, -0.2) is 23.4 Å². The molecule has 0 aliphatic carbocycles. The third-order valence-electron chi connectivity index (χ3n) is 3.20. The summed E-state index contributed by atoms with van der Waals surface area (Å²) in [6.07, 6.45) is 13.6. The number of aliphatic hydroxyl groups excluding tert-OH is 2. The summed E-state index contributed by atoms with van der Waals surface area (Å²) in [6.45, 7) is 7.46. The van der Waals surface area contributed by atoms with Gasteiger partial charge >= 0.3 is 0 Å². The van der Waals surface area contributed by atoms with Gasteiger partial charge in [0.25, 0.3) is 0 Å². The highest BCUT2D eigenvalue weighted by atomic mass is 16.3. The Balaban J connectivity index is 0. The Morgan fingerprint density at radius 1 is 0.632 bits per heavy atom. The lowest BCUT2D eigenvalue weighted by Gasteiger charge is -2.02. The van der Waals surface area contributed by atoms with Crippen LogP contribution in [0.3, 0.4) is 0 Å². The summed E-state index contributed by atoms with van der Waals surface area (Å²) in [5.74, 6) is 0.842. The second-order valence-corrected chi connectivity index (χ2v) is 5.81. The predicted octanol–water partition coefficient (Wildman–Crippen LogP) is 4.92. The molecule has 0 aromatic carbocycles. The molecular weight excluding hydrogens is 236 g/mol. The molecule has 0 spiro atoms. The highest BCUT2D eigenvalue weighted by molar-refractivity contribution is 4.47. The van der Waals surface area contributed by atoms with E-state index in [0.717, 1.165) is 18.8 Å². The van der Waals surface area contributed by atoms with Gasteiger partial charge in [-0.3, -0.25) is 0 Å². The normalized spacial score (nSPS) is 10.4. The van der Waals surface area contributed by atoms with Crippen molar-refractivity contribution in [1.82, 2.24) is 0 Å². The molecule has 0 fully saturated rings. The minimum Gasteiger partial charge on any atom is -0.396 e. The van der Waals surface area contributed by atoms with Gasteiger partial charge < -0.3 is 10.2 Å². The molecule has 0 radical (unpaired) electrons. The first-order chi connectivity index (χ1) is 9.18. The second-order valence-electron chi connectivity index (χ2n) is 5.81. The molecule has 2 heteroatoms. The zero-order chi connectivity index (χ0) is 14.8. The van der Waals surface area contributed by atoms with Gasteiger partial charge in [-0.15, -0.1) is 0 Å². The molecule has 0 unspecified atom stereocenters. The van der Waals surface area contributed by atoms with Gasteiger partial charge in [-0.05, 0) is 18.8 Å². The van der Waals surface area contributed by atoms with Gasteiger partial charge in [-0.2, -0.15) is 0 Å². The fraction of sp³-hybridized carbons (Fsp3) is 1.00. The Morgan fingerprint density at radius 2 is 1.05 bits per heavy atom. The van der Waals surface area contributed by atoms with Crippen molar-refractivity contribution < 1.29 is 10.2 Å². The van der Waals surface area contributed by atoms with Gasteiger partial charge in [0.1, 0.15) is 0 Å². The van der Waals surface area contributed by atoms with Gasteiger partial charge in [-0.25, -0.2) is 0 Å². The third-order valence-corrected chi connectivity index (χ3v) is 3.20. The fourth-order valence-corrected chi connectivity index (χ4v) is 1.91. The van der Waals surface area contributed by atoms with Gasteiger partial charge in [0.15, 0.2) is 0 Å². The van der Waals surface area contributed by atoms with Crippen LogP contribution in [0.1, 0.15) is 91.4 Å². The van der Waals surface area contributed by atoms with Crippen molar-refractivity contribution in [2.45, 2.75) is 91.4 Å². The molecule has 19 heavy (non-hydrogen) atoms. The average Bonchev–Trinajstić information content (AvgIpc) is 2.39.